The molecule has 0 fully saturated rings. The van der Waals surface area contributed by atoms with Crippen LogP contribution in [0.3, 0.4) is 0 Å². The second kappa shape index (κ2) is 5.27. The van der Waals surface area contributed by atoms with E-state index in [0.717, 1.165) is 16.3 Å². The van der Waals surface area contributed by atoms with Crippen LogP contribution in [-0.2, 0) is 10.5 Å². The zero-order valence-corrected chi connectivity index (χ0v) is 9.44. The molecule has 0 aromatic heterocycles. The molecule has 1 aromatic rings. The molecule has 2 nitrogen and oxygen atoms in total. The molecule has 1 amide bonds. The number of amides is 1. The quantitative estimate of drug-likeness (QED) is 0.862. The van der Waals surface area contributed by atoms with Gasteiger partial charge in [-0.3, -0.25) is 4.79 Å². The lowest BCUT2D eigenvalue weighted by molar-refractivity contribution is -0.117. The summed E-state index contributed by atoms with van der Waals surface area (Å²) in [6, 6.07) is 7.57. The summed E-state index contributed by atoms with van der Waals surface area (Å²) in [6.07, 6.45) is 0. The summed E-state index contributed by atoms with van der Waals surface area (Å²) in [6.45, 7) is 1.81. The number of carbonyl (C=O) groups excluding carboxylic acids is 1. The second-order valence-electron chi connectivity index (χ2n) is 2.98. The van der Waals surface area contributed by atoms with Crippen molar-refractivity contribution in [2.75, 3.05) is 0 Å². The van der Waals surface area contributed by atoms with Crippen molar-refractivity contribution in [1.29, 1.82) is 0 Å². The van der Waals surface area contributed by atoms with Gasteiger partial charge < -0.3 is 5.73 Å². The minimum atomic E-state index is -0.274. The summed E-state index contributed by atoms with van der Waals surface area (Å²) in [5.41, 5.74) is 6.29. The van der Waals surface area contributed by atoms with Gasteiger partial charge in [-0.2, -0.15) is 0 Å². The zero-order chi connectivity index (χ0) is 10.6. The molecule has 0 unspecified atom stereocenters. The van der Waals surface area contributed by atoms with E-state index >= 15 is 0 Å². The van der Waals surface area contributed by atoms with Crippen LogP contribution in [0.4, 0.5) is 0 Å². The number of thioether (sulfide) groups is 1. The maximum Gasteiger partial charge on any atom is 0.230 e. The third-order valence-corrected chi connectivity index (χ3v) is 3.30. The van der Waals surface area contributed by atoms with E-state index in [1.165, 1.54) is 11.8 Å². The third-order valence-electron chi connectivity index (χ3n) is 1.81. The van der Waals surface area contributed by atoms with Crippen molar-refractivity contribution in [3.8, 4) is 0 Å². The topological polar surface area (TPSA) is 43.1 Å². The van der Waals surface area contributed by atoms with Crippen LogP contribution in [0.1, 0.15) is 12.5 Å². The fourth-order valence-electron chi connectivity index (χ4n) is 0.884. The fourth-order valence-corrected chi connectivity index (χ4v) is 1.81. The van der Waals surface area contributed by atoms with E-state index in [4.69, 9.17) is 17.3 Å². The second-order valence-corrected chi connectivity index (χ2v) is 4.75. The summed E-state index contributed by atoms with van der Waals surface area (Å²) in [5, 5.41) is 0.576. The van der Waals surface area contributed by atoms with Crippen LogP contribution in [0.15, 0.2) is 24.3 Å². The molecule has 2 N–H and O–H groups in total. The van der Waals surface area contributed by atoms with Gasteiger partial charge in [-0.25, -0.2) is 0 Å². The van der Waals surface area contributed by atoms with Crippen LogP contribution in [-0.4, -0.2) is 11.2 Å². The molecule has 0 aliphatic heterocycles. The molecule has 0 radical (unpaired) electrons. The van der Waals surface area contributed by atoms with E-state index in [9.17, 15) is 4.79 Å². The Morgan fingerprint density at radius 3 is 2.57 bits per heavy atom. The Balaban J connectivity index is 2.46. The average molecular weight is 230 g/mol. The number of primary amides is 1. The van der Waals surface area contributed by atoms with Gasteiger partial charge in [0.15, 0.2) is 0 Å². The largest absolute Gasteiger partial charge is 0.369 e. The van der Waals surface area contributed by atoms with E-state index in [0.29, 0.717) is 0 Å². The monoisotopic (exact) mass is 229 g/mol. The molecule has 0 spiro atoms. The molecule has 0 bridgehead atoms. The molecular formula is C10H12ClNOS. The summed E-state index contributed by atoms with van der Waals surface area (Å²) in [4.78, 5) is 10.8. The van der Waals surface area contributed by atoms with Gasteiger partial charge in [-0.1, -0.05) is 23.7 Å². The van der Waals surface area contributed by atoms with Gasteiger partial charge >= 0.3 is 0 Å². The predicted molar refractivity (Wildman–Crippen MR) is 61.4 cm³/mol. The Morgan fingerprint density at radius 2 is 2.07 bits per heavy atom. The standard InChI is InChI=1S/C10H12ClNOS/c1-7(10(12)13)14-6-8-2-4-9(11)5-3-8/h2-5,7H,6H2,1H3,(H2,12,13)/t7-/m0/s1. The molecule has 0 saturated carbocycles. The molecule has 0 saturated heterocycles. The minimum Gasteiger partial charge on any atom is -0.369 e. The SMILES string of the molecule is C[C@H](SCc1ccc(Cl)cc1)C(N)=O. The van der Waals surface area contributed by atoms with Crippen LogP contribution >= 0.6 is 23.4 Å². The van der Waals surface area contributed by atoms with Gasteiger partial charge in [-0.05, 0) is 24.6 Å². The molecule has 1 atom stereocenters. The zero-order valence-electron chi connectivity index (χ0n) is 7.87. The maximum atomic E-state index is 10.8. The number of halogens is 1. The highest BCUT2D eigenvalue weighted by Crippen LogP contribution is 2.18. The molecule has 0 heterocycles. The van der Waals surface area contributed by atoms with Crippen LogP contribution in [0.2, 0.25) is 5.02 Å². The lowest BCUT2D eigenvalue weighted by atomic mass is 10.2. The van der Waals surface area contributed by atoms with Crippen molar-refractivity contribution in [3.05, 3.63) is 34.9 Å². The predicted octanol–water partition coefficient (Wildman–Crippen LogP) is 2.45. The number of hydrogen-bond acceptors (Lipinski definition) is 2. The van der Waals surface area contributed by atoms with Crippen molar-refractivity contribution >= 4 is 29.3 Å². The Labute approximate surface area is 92.8 Å². The van der Waals surface area contributed by atoms with Gasteiger partial charge in [-0.15, -0.1) is 11.8 Å². The Bertz CT molecular complexity index is 312. The Hall–Kier alpha value is -0.670. The summed E-state index contributed by atoms with van der Waals surface area (Å²) in [7, 11) is 0. The number of carbonyl (C=O) groups is 1. The highest BCUT2D eigenvalue weighted by Gasteiger charge is 2.08. The first-order valence-electron chi connectivity index (χ1n) is 4.25. The smallest absolute Gasteiger partial charge is 0.230 e. The maximum absolute atomic E-state index is 10.8. The van der Waals surface area contributed by atoms with E-state index in [1.54, 1.807) is 0 Å². The molecule has 0 aliphatic carbocycles. The summed E-state index contributed by atoms with van der Waals surface area (Å²) >= 11 is 7.27. The Kier molecular flexibility index (Phi) is 4.29. The van der Waals surface area contributed by atoms with Crippen LogP contribution in [0.5, 0.6) is 0 Å². The first kappa shape index (κ1) is 11.4. The van der Waals surface area contributed by atoms with Crippen molar-refractivity contribution in [1.82, 2.24) is 0 Å². The number of hydrogen-bond donors (Lipinski definition) is 1. The molecular weight excluding hydrogens is 218 g/mol. The van der Waals surface area contributed by atoms with Crippen LogP contribution in [0.25, 0.3) is 0 Å². The van der Waals surface area contributed by atoms with Gasteiger partial charge in [0.2, 0.25) is 5.91 Å². The highest BCUT2D eigenvalue weighted by atomic mass is 35.5. The Morgan fingerprint density at radius 1 is 1.50 bits per heavy atom. The summed E-state index contributed by atoms with van der Waals surface area (Å²) < 4.78 is 0. The van der Waals surface area contributed by atoms with Crippen molar-refractivity contribution in [2.45, 2.75) is 17.9 Å². The van der Waals surface area contributed by atoms with E-state index in [2.05, 4.69) is 0 Å². The molecule has 0 aliphatic rings. The molecule has 1 rings (SSSR count). The van der Waals surface area contributed by atoms with E-state index < -0.39 is 0 Å². The van der Waals surface area contributed by atoms with Crippen LogP contribution in [0, 0.1) is 0 Å². The lowest BCUT2D eigenvalue weighted by Gasteiger charge is -2.06. The number of nitrogens with two attached hydrogens (primary N) is 1. The molecule has 4 heteroatoms. The van der Waals surface area contributed by atoms with Gasteiger partial charge in [0.05, 0.1) is 5.25 Å². The molecule has 14 heavy (non-hydrogen) atoms. The van der Waals surface area contributed by atoms with Crippen molar-refractivity contribution in [3.63, 3.8) is 0 Å². The third kappa shape index (κ3) is 3.60. The molecule has 76 valence electrons. The van der Waals surface area contributed by atoms with Crippen molar-refractivity contribution in [2.24, 2.45) is 5.73 Å². The number of benzene rings is 1. The van der Waals surface area contributed by atoms with E-state index in [-0.39, 0.29) is 11.2 Å². The fraction of sp³-hybridized carbons (Fsp3) is 0.300. The highest BCUT2D eigenvalue weighted by molar-refractivity contribution is 7.99. The number of rotatable bonds is 4. The first-order chi connectivity index (χ1) is 6.59. The minimum absolute atomic E-state index is 0.148. The molecule has 1 aromatic carbocycles. The van der Waals surface area contributed by atoms with Gasteiger partial charge in [0.25, 0.3) is 0 Å². The normalized spacial score (nSPS) is 12.4. The summed E-state index contributed by atoms with van der Waals surface area (Å²) in [5.74, 6) is 0.505. The van der Waals surface area contributed by atoms with Gasteiger partial charge in [0.1, 0.15) is 0 Å². The van der Waals surface area contributed by atoms with E-state index in [1.807, 2.05) is 31.2 Å². The average Bonchev–Trinajstić information content (AvgIpc) is 2.16. The lowest BCUT2D eigenvalue weighted by Crippen LogP contribution is -2.22. The van der Waals surface area contributed by atoms with Gasteiger partial charge in [0, 0.05) is 10.8 Å². The first-order valence-corrected chi connectivity index (χ1v) is 5.67. The van der Waals surface area contributed by atoms with Crippen LogP contribution < -0.4 is 5.73 Å². The van der Waals surface area contributed by atoms with Crippen molar-refractivity contribution < 1.29 is 4.79 Å².